The summed E-state index contributed by atoms with van der Waals surface area (Å²) in [5, 5.41) is 3.24. The topological polar surface area (TPSA) is 58.4 Å². The molecular formula is C15H33N3O. The van der Waals surface area contributed by atoms with Gasteiger partial charge in [0, 0.05) is 19.1 Å². The first-order valence-electron chi connectivity index (χ1n) is 7.72. The van der Waals surface area contributed by atoms with Crippen molar-refractivity contribution >= 4 is 5.91 Å². The molecule has 0 aliphatic rings. The average Bonchev–Trinajstić information content (AvgIpc) is 2.37. The van der Waals surface area contributed by atoms with Crippen molar-refractivity contribution in [1.29, 1.82) is 0 Å². The number of nitrogens with one attached hydrogen (secondary N) is 1. The van der Waals surface area contributed by atoms with Gasteiger partial charge in [0.05, 0.1) is 6.04 Å². The van der Waals surface area contributed by atoms with E-state index < -0.39 is 0 Å². The molecule has 0 saturated carbocycles. The Hall–Kier alpha value is -0.610. The van der Waals surface area contributed by atoms with Gasteiger partial charge < -0.3 is 16.0 Å². The van der Waals surface area contributed by atoms with Crippen molar-refractivity contribution in [3.63, 3.8) is 0 Å². The van der Waals surface area contributed by atoms with Crippen LogP contribution in [0.25, 0.3) is 0 Å². The van der Waals surface area contributed by atoms with E-state index in [1.807, 2.05) is 13.8 Å². The van der Waals surface area contributed by atoms with E-state index in [9.17, 15) is 4.79 Å². The molecule has 0 fully saturated rings. The van der Waals surface area contributed by atoms with Gasteiger partial charge in [-0.1, -0.05) is 47.5 Å². The van der Waals surface area contributed by atoms with Crippen LogP contribution in [-0.4, -0.2) is 42.5 Å². The Morgan fingerprint density at radius 2 is 1.79 bits per heavy atom. The number of primary amides is 1. The Labute approximate surface area is 119 Å². The second-order valence-corrected chi connectivity index (χ2v) is 5.64. The second kappa shape index (κ2) is 10.2. The molecule has 0 aliphatic heterocycles. The Morgan fingerprint density at radius 1 is 1.21 bits per heavy atom. The molecule has 1 amide bonds. The van der Waals surface area contributed by atoms with E-state index >= 15 is 0 Å². The lowest BCUT2D eigenvalue weighted by Gasteiger charge is -2.27. The predicted octanol–water partition coefficient (Wildman–Crippen LogP) is 1.99. The minimum absolute atomic E-state index is 0.212. The molecule has 0 spiro atoms. The van der Waals surface area contributed by atoms with Crippen LogP contribution in [-0.2, 0) is 4.79 Å². The maximum atomic E-state index is 11.4. The molecule has 0 radical (unpaired) electrons. The summed E-state index contributed by atoms with van der Waals surface area (Å²) in [6, 6.07) is 0.0716. The van der Waals surface area contributed by atoms with Crippen LogP contribution >= 0.6 is 0 Å². The maximum Gasteiger partial charge on any atom is 0.234 e. The summed E-state index contributed by atoms with van der Waals surface area (Å²) >= 11 is 0. The second-order valence-electron chi connectivity index (χ2n) is 5.64. The van der Waals surface area contributed by atoms with Crippen molar-refractivity contribution in [2.75, 3.05) is 19.6 Å². The molecule has 1 unspecified atom stereocenters. The monoisotopic (exact) mass is 271 g/mol. The summed E-state index contributed by atoms with van der Waals surface area (Å²) in [6.07, 6.45) is 3.23. The Balaban J connectivity index is 4.25. The van der Waals surface area contributed by atoms with Crippen molar-refractivity contribution in [2.45, 2.75) is 66.0 Å². The summed E-state index contributed by atoms with van der Waals surface area (Å²) in [7, 11) is 0. The molecule has 4 heteroatoms. The highest BCUT2D eigenvalue weighted by Crippen LogP contribution is 2.10. The summed E-state index contributed by atoms with van der Waals surface area (Å²) in [5.74, 6) is 0.511. The third-order valence-electron chi connectivity index (χ3n) is 3.73. The number of hydrogen-bond donors (Lipinski definition) is 2. The van der Waals surface area contributed by atoms with E-state index in [1.165, 1.54) is 12.8 Å². The Morgan fingerprint density at radius 3 is 2.16 bits per heavy atom. The first-order chi connectivity index (χ1) is 8.94. The fourth-order valence-electron chi connectivity index (χ4n) is 2.31. The summed E-state index contributed by atoms with van der Waals surface area (Å²) in [6.45, 7) is 13.8. The highest BCUT2D eigenvalue weighted by Gasteiger charge is 2.18. The van der Waals surface area contributed by atoms with Crippen LogP contribution in [0.1, 0.15) is 53.9 Å². The van der Waals surface area contributed by atoms with E-state index in [0.29, 0.717) is 0 Å². The molecule has 0 saturated heterocycles. The van der Waals surface area contributed by atoms with Gasteiger partial charge in [0.25, 0.3) is 0 Å². The highest BCUT2D eigenvalue weighted by atomic mass is 16.1. The van der Waals surface area contributed by atoms with Gasteiger partial charge in [0.15, 0.2) is 0 Å². The SMILES string of the molecule is CCC(CC)CN(CC)CCC(NC(C)C)C(N)=O. The van der Waals surface area contributed by atoms with Gasteiger partial charge in [-0.15, -0.1) is 0 Å². The summed E-state index contributed by atoms with van der Waals surface area (Å²) in [5.41, 5.74) is 5.45. The van der Waals surface area contributed by atoms with Crippen LogP contribution in [0.3, 0.4) is 0 Å². The number of hydrogen-bond acceptors (Lipinski definition) is 3. The lowest BCUT2D eigenvalue weighted by Crippen LogP contribution is -2.46. The van der Waals surface area contributed by atoms with Crippen molar-refractivity contribution in [3.05, 3.63) is 0 Å². The van der Waals surface area contributed by atoms with Gasteiger partial charge in [0.1, 0.15) is 0 Å². The molecule has 114 valence electrons. The molecule has 3 N–H and O–H groups in total. The summed E-state index contributed by atoms with van der Waals surface area (Å²) in [4.78, 5) is 13.8. The van der Waals surface area contributed by atoms with Crippen molar-refractivity contribution in [3.8, 4) is 0 Å². The van der Waals surface area contributed by atoms with E-state index in [0.717, 1.165) is 32.0 Å². The van der Waals surface area contributed by atoms with E-state index in [-0.39, 0.29) is 18.0 Å². The molecule has 0 heterocycles. The molecule has 0 rings (SSSR count). The predicted molar refractivity (Wildman–Crippen MR) is 82.1 cm³/mol. The van der Waals surface area contributed by atoms with Crippen LogP contribution < -0.4 is 11.1 Å². The molecule has 0 bridgehead atoms. The quantitative estimate of drug-likeness (QED) is 0.604. The standard InChI is InChI=1S/C15H33N3O/c1-6-13(7-2)11-18(8-3)10-9-14(15(16)19)17-12(4)5/h12-14,17H,6-11H2,1-5H3,(H2,16,19). The maximum absolute atomic E-state index is 11.4. The van der Waals surface area contributed by atoms with Crippen LogP contribution in [0.4, 0.5) is 0 Å². The van der Waals surface area contributed by atoms with Gasteiger partial charge in [-0.25, -0.2) is 0 Å². The average molecular weight is 271 g/mol. The number of rotatable bonds is 11. The minimum Gasteiger partial charge on any atom is -0.368 e. The smallest absolute Gasteiger partial charge is 0.234 e. The van der Waals surface area contributed by atoms with Gasteiger partial charge >= 0.3 is 0 Å². The molecule has 19 heavy (non-hydrogen) atoms. The summed E-state index contributed by atoms with van der Waals surface area (Å²) < 4.78 is 0. The fourth-order valence-corrected chi connectivity index (χ4v) is 2.31. The fraction of sp³-hybridized carbons (Fsp3) is 0.933. The van der Waals surface area contributed by atoms with E-state index in [2.05, 4.69) is 31.0 Å². The van der Waals surface area contributed by atoms with Crippen molar-refractivity contribution in [2.24, 2.45) is 11.7 Å². The van der Waals surface area contributed by atoms with E-state index in [4.69, 9.17) is 5.73 Å². The lowest BCUT2D eigenvalue weighted by atomic mass is 10.0. The Bertz CT molecular complexity index is 240. The molecule has 0 aromatic carbocycles. The third kappa shape index (κ3) is 8.22. The van der Waals surface area contributed by atoms with Crippen molar-refractivity contribution < 1.29 is 4.79 Å². The lowest BCUT2D eigenvalue weighted by molar-refractivity contribution is -0.120. The molecule has 0 aromatic heterocycles. The van der Waals surface area contributed by atoms with Crippen LogP contribution in [0.2, 0.25) is 0 Å². The first-order valence-corrected chi connectivity index (χ1v) is 7.72. The van der Waals surface area contributed by atoms with Gasteiger partial charge in [-0.2, -0.15) is 0 Å². The zero-order valence-corrected chi connectivity index (χ0v) is 13.4. The Kier molecular flexibility index (Phi) is 9.88. The number of carbonyl (C=O) groups excluding carboxylic acids is 1. The molecule has 0 aromatic rings. The molecule has 1 atom stereocenters. The zero-order chi connectivity index (χ0) is 14.8. The third-order valence-corrected chi connectivity index (χ3v) is 3.73. The van der Waals surface area contributed by atoms with Crippen LogP contribution in [0.5, 0.6) is 0 Å². The molecular weight excluding hydrogens is 238 g/mol. The highest BCUT2D eigenvalue weighted by molar-refractivity contribution is 5.79. The molecule has 0 aliphatic carbocycles. The number of carbonyl (C=O) groups is 1. The van der Waals surface area contributed by atoms with Gasteiger partial charge in [0.2, 0.25) is 5.91 Å². The van der Waals surface area contributed by atoms with Crippen molar-refractivity contribution in [1.82, 2.24) is 10.2 Å². The van der Waals surface area contributed by atoms with Crippen LogP contribution in [0, 0.1) is 5.92 Å². The number of nitrogens with two attached hydrogens (primary N) is 1. The molecule has 4 nitrogen and oxygen atoms in total. The number of nitrogens with zero attached hydrogens (tertiary/aromatic N) is 1. The van der Waals surface area contributed by atoms with E-state index in [1.54, 1.807) is 0 Å². The van der Waals surface area contributed by atoms with Gasteiger partial charge in [-0.3, -0.25) is 4.79 Å². The normalized spacial score (nSPS) is 13.5. The number of amides is 1. The van der Waals surface area contributed by atoms with Gasteiger partial charge in [-0.05, 0) is 18.9 Å². The van der Waals surface area contributed by atoms with Crippen LogP contribution in [0.15, 0.2) is 0 Å². The first kappa shape index (κ1) is 18.4. The minimum atomic E-state index is -0.243. The zero-order valence-electron chi connectivity index (χ0n) is 13.4. The largest absolute Gasteiger partial charge is 0.368 e.